The molecule has 1 aromatic heterocycles. The number of carbonyl (C=O) groups excluding carboxylic acids is 1. The Labute approximate surface area is 231 Å². The molecule has 1 spiro atoms. The standard InChI is InChI=1S/C31H32F2N4O3/c1-3-4-21-7-10-25(28(38)35-23-15-30(16-23)13-22(14-30)29(39)40)27-26(21)17-34-37(27)19(2)20-5-8-24(9-6-20)36-12-11-31(32,33)18-36/h5-10,17,19,22-23H,11-16,18H2,1-2H3,(H,35,38)(H,39,40). The second-order valence-corrected chi connectivity index (χ2v) is 11.7. The normalized spacial score (nSPS) is 25.6. The minimum absolute atomic E-state index is 0.0201. The van der Waals surface area contributed by atoms with E-state index in [1.165, 1.54) is 0 Å². The maximum absolute atomic E-state index is 13.7. The highest BCUT2D eigenvalue weighted by Gasteiger charge is 2.55. The van der Waals surface area contributed by atoms with Crippen LogP contribution in [0.2, 0.25) is 0 Å². The van der Waals surface area contributed by atoms with Gasteiger partial charge in [-0.15, -0.1) is 5.92 Å². The molecule has 1 atom stereocenters. The molecule has 40 heavy (non-hydrogen) atoms. The van der Waals surface area contributed by atoms with Crippen LogP contribution in [0.5, 0.6) is 0 Å². The van der Waals surface area contributed by atoms with Gasteiger partial charge in [-0.25, -0.2) is 8.78 Å². The average Bonchev–Trinajstić information content (AvgIpc) is 3.48. The Morgan fingerprint density at radius 1 is 1.12 bits per heavy atom. The second kappa shape index (κ2) is 9.61. The van der Waals surface area contributed by atoms with E-state index in [1.54, 1.807) is 24.1 Å². The lowest BCUT2D eigenvalue weighted by Crippen LogP contribution is -2.57. The molecular formula is C31H32F2N4O3. The summed E-state index contributed by atoms with van der Waals surface area (Å²) in [4.78, 5) is 26.4. The molecule has 1 amide bonds. The molecule has 2 saturated carbocycles. The topological polar surface area (TPSA) is 87.5 Å². The Bertz CT molecular complexity index is 1540. The minimum atomic E-state index is -2.66. The summed E-state index contributed by atoms with van der Waals surface area (Å²) in [5.74, 6) is 2.20. The fourth-order valence-electron chi connectivity index (χ4n) is 6.79. The highest BCUT2D eigenvalue weighted by molar-refractivity contribution is 6.07. The molecule has 2 N–H and O–H groups in total. The number of hydrogen-bond acceptors (Lipinski definition) is 4. The molecule has 2 heterocycles. The van der Waals surface area contributed by atoms with Gasteiger partial charge in [-0.1, -0.05) is 18.1 Å². The van der Waals surface area contributed by atoms with Crippen molar-refractivity contribution in [2.75, 3.05) is 18.0 Å². The molecular weight excluding hydrogens is 514 g/mol. The third kappa shape index (κ3) is 4.59. The number of hydrogen-bond donors (Lipinski definition) is 2. The van der Waals surface area contributed by atoms with E-state index in [4.69, 9.17) is 0 Å². The van der Waals surface area contributed by atoms with Crippen molar-refractivity contribution in [3.63, 3.8) is 0 Å². The lowest BCUT2D eigenvalue weighted by Gasteiger charge is -2.56. The summed E-state index contributed by atoms with van der Waals surface area (Å²) in [5, 5.41) is 17.8. The Morgan fingerprint density at radius 2 is 1.85 bits per heavy atom. The first-order valence-corrected chi connectivity index (χ1v) is 13.8. The molecule has 3 fully saturated rings. The van der Waals surface area contributed by atoms with Crippen molar-refractivity contribution >= 4 is 28.5 Å². The Morgan fingerprint density at radius 3 is 2.48 bits per heavy atom. The van der Waals surface area contributed by atoms with Gasteiger partial charge in [0.2, 0.25) is 0 Å². The van der Waals surface area contributed by atoms with Crippen LogP contribution in [0.25, 0.3) is 10.9 Å². The van der Waals surface area contributed by atoms with Crippen LogP contribution < -0.4 is 10.2 Å². The summed E-state index contributed by atoms with van der Waals surface area (Å²) in [6, 6.07) is 11.0. The molecule has 208 valence electrons. The van der Waals surface area contributed by atoms with Gasteiger partial charge in [-0.3, -0.25) is 14.3 Å². The van der Waals surface area contributed by atoms with E-state index in [0.29, 0.717) is 30.5 Å². The number of carboxylic acids is 1. The van der Waals surface area contributed by atoms with Crippen LogP contribution in [0.15, 0.2) is 42.6 Å². The summed E-state index contributed by atoms with van der Waals surface area (Å²) < 4.78 is 29.2. The molecule has 7 nitrogen and oxygen atoms in total. The number of rotatable bonds is 6. The number of aliphatic carboxylic acids is 1. The monoisotopic (exact) mass is 546 g/mol. The number of alkyl halides is 2. The number of fused-ring (bicyclic) bond motifs is 1. The zero-order valence-corrected chi connectivity index (χ0v) is 22.6. The summed E-state index contributed by atoms with van der Waals surface area (Å²) in [5.41, 5.74) is 3.75. The molecule has 0 radical (unpaired) electrons. The number of nitrogens with zero attached hydrogens (tertiary/aromatic N) is 3. The molecule has 3 aliphatic rings. The fourth-order valence-corrected chi connectivity index (χ4v) is 6.79. The van der Waals surface area contributed by atoms with E-state index in [0.717, 1.165) is 35.0 Å². The van der Waals surface area contributed by atoms with E-state index in [-0.39, 0.29) is 42.3 Å². The molecule has 1 saturated heterocycles. The molecule has 1 unspecified atom stereocenters. The summed E-state index contributed by atoms with van der Waals surface area (Å²) in [6.07, 6.45) is 4.58. The maximum Gasteiger partial charge on any atom is 0.306 e. The molecule has 9 heteroatoms. The molecule has 2 aromatic carbocycles. The van der Waals surface area contributed by atoms with Gasteiger partial charge in [0.05, 0.1) is 35.8 Å². The van der Waals surface area contributed by atoms with Gasteiger partial charge in [-0.05, 0) is 74.8 Å². The van der Waals surface area contributed by atoms with Gasteiger partial charge in [0.15, 0.2) is 0 Å². The third-order valence-electron chi connectivity index (χ3n) is 8.94. The lowest BCUT2D eigenvalue weighted by atomic mass is 9.50. The number of anilines is 1. The number of benzene rings is 2. The highest BCUT2D eigenvalue weighted by Crippen LogP contribution is 2.58. The third-order valence-corrected chi connectivity index (χ3v) is 8.94. The van der Waals surface area contributed by atoms with Gasteiger partial charge in [0.1, 0.15) is 0 Å². The van der Waals surface area contributed by atoms with Gasteiger partial charge < -0.3 is 15.3 Å². The highest BCUT2D eigenvalue weighted by atomic mass is 19.3. The number of halogens is 2. The van der Waals surface area contributed by atoms with Crippen molar-refractivity contribution < 1.29 is 23.5 Å². The summed E-state index contributed by atoms with van der Waals surface area (Å²) in [6.45, 7) is 3.82. The van der Waals surface area contributed by atoms with E-state index < -0.39 is 11.9 Å². The zero-order chi connectivity index (χ0) is 28.2. The van der Waals surface area contributed by atoms with Gasteiger partial charge in [0, 0.05) is 35.6 Å². The van der Waals surface area contributed by atoms with Crippen LogP contribution in [0.1, 0.15) is 73.5 Å². The minimum Gasteiger partial charge on any atom is -0.481 e. The summed E-state index contributed by atoms with van der Waals surface area (Å²) >= 11 is 0. The van der Waals surface area contributed by atoms with Crippen molar-refractivity contribution in [1.82, 2.24) is 15.1 Å². The van der Waals surface area contributed by atoms with Gasteiger partial charge in [0.25, 0.3) is 11.8 Å². The smallest absolute Gasteiger partial charge is 0.306 e. The number of carboxylic acid groups (broad SMARTS) is 1. The number of aromatic nitrogens is 2. The first kappa shape index (κ1) is 26.3. The van der Waals surface area contributed by atoms with Crippen molar-refractivity contribution in [2.24, 2.45) is 11.3 Å². The van der Waals surface area contributed by atoms with Crippen molar-refractivity contribution in [3.05, 3.63) is 59.3 Å². The largest absolute Gasteiger partial charge is 0.481 e. The van der Waals surface area contributed by atoms with E-state index in [2.05, 4.69) is 22.3 Å². The van der Waals surface area contributed by atoms with E-state index >= 15 is 0 Å². The molecule has 2 aliphatic carbocycles. The number of carbonyl (C=O) groups is 2. The van der Waals surface area contributed by atoms with Crippen molar-refractivity contribution in [2.45, 2.75) is 64.0 Å². The van der Waals surface area contributed by atoms with Crippen LogP contribution in [0.4, 0.5) is 14.5 Å². The first-order valence-electron chi connectivity index (χ1n) is 13.8. The number of nitrogens with one attached hydrogen (secondary N) is 1. The maximum atomic E-state index is 13.7. The Hall–Kier alpha value is -3.93. The van der Waals surface area contributed by atoms with Crippen molar-refractivity contribution in [1.29, 1.82) is 0 Å². The first-order chi connectivity index (χ1) is 19.1. The average molecular weight is 547 g/mol. The quantitative estimate of drug-likeness (QED) is 0.413. The second-order valence-electron chi connectivity index (χ2n) is 11.7. The Balaban J connectivity index is 1.24. The lowest BCUT2D eigenvalue weighted by molar-refractivity contribution is -0.155. The predicted molar refractivity (Wildman–Crippen MR) is 148 cm³/mol. The Kier molecular flexibility index (Phi) is 6.32. The van der Waals surface area contributed by atoms with Crippen LogP contribution >= 0.6 is 0 Å². The fraction of sp³-hybridized carbons (Fsp3) is 0.452. The predicted octanol–water partition coefficient (Wildman–Crippen LogP) is 5.24. The molecule has 1 aliphatic heterocycles. The molecule has 0 bridgehead atoms. The number of amides is 1. The molecule has 3 aromatic rings. The van der Waals surface area contributed by atoms with Crippen molar-refractivity contribution in [3.8, 4) is 11.8 Å². The van der Waals surface area contributed by atoms with Gasteiger partial charge in [-0.2, -0.15) is 5.10 Å². The van der Waals surface area contributed by atoms with Crippen LogP contribution in [0.3, 0.4) is 0 Å². The summed E-state index contributed by atoms with van der Waals surface area (Å²) in [7, 11) is 0. The van der Waals surface area contributed by atoms with E-state index in [1.807, 2.05) is 41.9 Å². The molecule has 6 rings (SSSR count). The SMILES string of the molecule is CC#Cc1ccc(C(=O)NC2CC3(C2)CC(C(=O)O)C3)c2c1cnn2C(C)c1ccc(N2CCC(F)(F)C2)cc1. The van der Waals surface area contributed by atoms with Crippen LogP contribution in [-0.4, -0.2) is 51.8 Å². The van der Waals surface area contributed by atoms with Crippen LogP contribution in [0, 0.1) is 23.2 Å². The van der Waals surface area contributed by atoms with Crippen LogP contribution in [-0.2, 0) is 4.79 Å². The van der Waals surface area contributed by atoms with Gasteiger partial charge >= 0.3 is 5.97 Å². The van der Waals surface area contributed by atoms with E-state index in [9.17, 15) is 23.5 Å². The zero-order valence-electron chi connectivity index (χ0n) is 22.6.